The number of rotatable bonds is 3. The average molecular weight is 305 g/mol. The van der Waals surface area contributed by atoms with E-state index in [0.29, 0.717) is 6.42 Å². The number of H-pyrrole nitrogens is 1. The largest absolute Gasteiger partial charge is 0.358 e. The Balaban J connectivity index is 0.00000161. The van der Waals surface area contributed by atoms with Crippen molar-refractivity contribution in [3.05, 3.63) is 71.2 Å². The van der Waals surface area contributed by atoms with Gasteiger partial charge < -0.3 is 10.7 Å². The van der Waals surface area contributed by atoms with Crippen LogP contribution < -0.4 is 5.73 Å². The summed E-state index contributed by atoms with van der Waals surface area (Å²) in [6.07, 6.45) is 0.694. The summed E-state index contributed by atoms with van der Waals surface area (Å²) in [5.41, 5.74) is 10.5. The van der Waals surface area contributed by atoms with Crippen LogP contribution in [-0.4, -0.2) is 4.98 Å². The highest BCUT2D eigenvalue weighted by Crippen LogP contribution is 2.27. The fourth-order valence-electron chi connectivity index (χ4n) is 2.66. The average Bonchev–Trinajstić information content (AvgIpc) is 2.76. The van der Waals surface area contributed by atoms with Crippen molar-refractivity contribution in [3.8, 4) is 0 Å². The Labute approximate surface area is 129 Å². The summed E-state index contributed by atoms with van der Waals surface area (Å²) < 4.78 is 13.4. The monoisotopic (exact) mass is 304 g/mol. The standard InChI is InChI=1S/C17H17FN2.ClH/c1-11-14(10-16(19)12-5-3-2-4-6-12)15-9-13(18)7-8-17(15)20-11;/h2-9,16,20H,10,19H2,1H3;1H. The molecule has 1 aromatic heterocycles. The molecule has 0 aliphatic rings. The van der Waals surface area contributed by atoms with E-state index < -0.39 is 0 Å². The molecule has 0 fully saturated rings. The van der Waals surface area contributed by atoms with E-state index in [2.05, 4.69) is 4.98 Å². The van der Waals surface area contributed by atoms with Crippen LogP contribution in [0.2, 0.25) is 0 Å². The third kappa shape index (κ3) is 3.09. The van der Waals surface area contributed by atoms with E-state index >= 15 is 0 Å². The number of halogens is 2. The predicted octanol–water partition coefficient (Wildman–Crippen LogP) is 4.28. The summed E-state index contributed by atoms with van der Waals surface area (Å²) in [4.78, 5) is 3.29. The number of hydrogen-bond acceptors (Lipinski definition) is 1. The molecule has 0 aliphatic heterocycles. The van der Waals surface area contributed by atoms with Gasteiger partial charge in [-0.25, -0.2) is 4.39 Å². The molecular formula is C17H18ClFN2. The maximum atomic E-state index is 13.4. The summed E-state index contributed by atoms with van der Waals surface area (Å²) >= 11 is 0. The van der Waals surface area contributed by atoms with Crippen molar-refractivity contribution in [3.63, 3.8) is 0 Å². The van der Waals surface area contributed by atoms with Crippen molar-refractivity contribution in [2.45, 2.75) is 19.4 Å². The molecule has 4 heteroatoms. The van der Waals surface area contributed by atoms with Crippen LogP contribution in [0.3, 0.4) is 0 Å². The highest BCUT2D eigenvalue weighted by atomic mass is 35.5. The maximum Gasteiger partial charge on any atom is 0.123 e. The number of aryl methyl sites for hydroxylation is 1. The molecule has 0 bridgehead atoms. The van der Waals surface area contributed by atoms with Gasteiger partial charge in [-0.3, -0.25) is 0 Å². The van der Waals surface area contributed by atoms with E-state index in [1.807, 2.05) is 37.3 Å². The van der Waals surface area contributed by atoms with Crippen LogP contribution >= 0.6 is 12.4 Å². The minimum Gasteiger partial charge on any atom is -0.358 e. The Morgan fingerprint density at radius 3 is 2.57 bits per heavy atom. The Morgan fingerprint density at radius 2 is 1.86 bits per heavy atom. The number of hydrogen-bond donors (Lipinski definition) is 2. The van der Waals surface area contributed by atoms with Crippen LogP contribution in [0.25, 0.3) is 10.9 Å². The van der Waals surface area contributed by atoms with E-state index in [4.69, 9.17) is 5.73 Å². The quantitative estimate of drug-likeness (QED) is 0.745. The zero-order valence-electron chi connectivity index (χ0n) is 11.8. The van der Waals surface area contributed by atoms with Gasteiger partial charge in [0.2, 0.25) is 0 Å². The molecule has 3 N–H and O–H groups in total. The molecule has 1 heterocycles. The minimum absolute atomic E-state index is 0. The molecule has 3 aromatic rings. The van der Waals surface area contributed by atoms with Gasteiger partial charge in [-0.1, -0.05) is 30.3 Å². The van der Waals surface area contributed by atoms with E-state index in [9.17, 15) is 4.39 Å². The van der Waals surface area contributed by atoms with Crippen LogP contribution in [0.4, 0.5) is 4.39 Å². The molecule has 21 heavy (non-hydrogen) atoms. The summed E-state index contributed by atoms with van der Waals surface area (Å²) in [7, 11) is 0. The molecular weight excluding hydrogens is 287 g/mol. The molecule has 2 nitrogen and oxygen atoms in total. The summed E-state index contributed by atoms with van der Waals surface area (Å²) in [6, 6.07) is 14.7. The zero-order chi connectivity index (χ0) is 14.1. The van der Waals surface area contributed by atoms with Crippen molar-refractivity contribution < 1.29 is 4.39 Å². The lowest BCUT2D eigenvalue weighted by atomic mass is 9.98. The fourth-order valence-corrected chi connectivity index (χ4v) is 2.66. The highest BCUT2D eigenvalue weighted by molar-refractivity contribution is 5.85. The zero-order valence-corrected chi connectivity index (χ0v) is 12.6. The molecule has 1 unspecified atom stereocenters. The third-order valence-corrected chi connectivity index (χ3v) is 3.73. The molecule has 0 radical (unpaired) electrons. The number of nitrogens with two attached hydrogens (primary N) is 1. The second-order valence-corrected chi connectivity index (χ2v) is 5.14. The van der Waals surface area contributed by atoms with Gasteiger partial charge in [0, 0.05) is 22.6 Å². The maximum absolute atomic E-state index is 13.4. The van der Waals surface area contributed by atoms with Gasteiger partial charge in [-0.15, -0.1) is 12.4 Å². The van der Waals surface area contributed by atoms with Crippen molar-refractivity contribution in [1.29, 1.82) is 0 Å². The van der Waals surface area contributed by atoms with Crippen LogP contribution in [0.15, 0.2) is 48.5 Å². The van der Waals surface area contributed by atoms with E-state index in [1.165, 1.54) is 6.07 Å². The van der Waals surface area contributed by atoms with Crippen molar-refractivity contribution in [2.24, 2.45) is 5.73 Å². The number of fused-ring (bicyclic) bond motifs is 1. The van der Waals surface area contributed by atoms with Crippen LogP contribution in [0.1, 0.15) is 22.9 Å². The predicted molar refractivity (Wildman–Crippen MR) is 87.3 cm³/mol. The molecule has 0 aliphatic carbocycles. The second kappa shape index (κ2) is 6.29. The summed E-state index contributed by atoms with van der Waals surface area (Å²) in [5, 5.41) is 0.925. The number of benzene rings is 2. The Kier molecular flexibility index (Phi) is 4.66. The smallest absolute Gasteiger partial charge is 0.123 e. The second-order valence-electron chi connectivity index (χ2n) is 5.14. The molecule has 0 amide bonds. The first-order chi connectivity index (χ1) is 9.65. The first-order valence-corrected chi connectivity index (χ1v) is 6.72. The molecule has 2 aromatic carbocycles. The van der Waals surface area contributed by atoms with E-state index in [0.717, 1.165) is 27.7 Å². The van der Waals surface area contributed by atoms with Crippen molar-refractivity contribution in [2.75, 3.05) is 0 Å². The van der Waals surface area contributed by atoms with Crippen LogP contribution in [0, 0.1) is 12.7 Å². The normalized spacial score (nSPS) is 12.1. The number of aromatic amines is 1. The van der Waals surface area contributed by atoms with Gasteiger partial charge in [0.25, 0.3) is 0 Å². The third-order valence-electron chi connectivity index (χ3n) is 3.73. The van der Waals surface area contributed by atoms with Gasteiger partial charge in [-0.05, 0) is 42.7 Å². The van der Waals surface area contributed by atoms with Crippen LogP contribution in [-0.2, 0) is 6.42 Å². The van der Waals surface area contributed by atoms with Gasteiger partial charge >= 0.3 is 0 Å². The van der Waals surface area contributed by atoms with Crippen molar-refractivity contribution >= 4 is 23.3 Å². The number of nitrogens with one attached hydrogen (secondary N) is 1. The van der Waals surface area contributed by atoms with Gasteiger partial charge in [0.1, 0.15) is 5.82 Å². The SMILES string of the molecule is Cc1[nH]c2ccc(F)cc2c1CC(N)c1ccccc1.Cl. The molecule has 0 spiro atoms. The lowest BCUT2D eigenvalue weighted by molar-refractivity contribution is 0.629. The van der Waals surface area contributed by atoms with Gasteiger partial charge in [0.15, 0.2) is 0 Å². The lowest BCUT2D eigenvalue weighted by Gasteiger charge is -2.12. The summed E-state index contributed by atoms with van der Waals surface area (Å²) in [5.74, 6) is -0.217. The van der Waals surface area contributed by atoms with E-state index in [1.54, 1.807) is 12.1 Å². The van der Waals surface area contributed by atoms with Crippen molar-refractivity contribution in [1.82, 2.24) is 4.98 Å². The first-order valence-electron chi connectivity index (χ1n) is 6.72. The number of aromatic nitrogens is 1. The molecule has 3 rings (SSSR count). The van der Waals surface area contributed by atoms with Crippen LogP contribution in [0.5, 0.6) is 0 Å². The topological polar surface area (TPSA) is 41.8 Å². The fraction of sp³-hybridized carbons (Fsp3) is 0.176. The molecule has 110 valence electrons. The van der Waals surface area contributed by atoms with E-state index in [-0.39, 0.29) is 24.3 Å². The summed E-state index contributed by atoms with van der Waals surface area (Å²) in [6.45, 7) is 2.00. The highest BCUT2D eigenvalue weighted by Gasteiger charge is 2.14. The Bertz CT molecular complexity index is 737. The molecule has 0 saturated heterocycles. The minimum atomic E-state index is -0.217. The van der Waals surface area contributed by atoms with Gasteiger partial charge in [0.05, 0.1) is 0 Å². The molecule has 1 atom stereocenters. The molecule has 0 saturated carbocycles. The van der Waals surface area contributed by atoms with Gasteiger partial charge in [-0.2, -0.15) is 0 Å². The first kappa shape index (κ1) is 15.5. The Hall–Kier alpha value is -1.84. The lowest BCUT2D eigenvalue weighted by Crippen LogP contribution is -2.13. The Morgan fingerprint density at radius 1 is 1.14 bits per heavy atom.